The standard InChI is InChI=1S/C20H21N5OS/c1-14-7-2-4-10-16(14)19-22-23-20(25(19)21)27-13-18(26)24-12-6-9-15-8-3-5-11-17(15)24/h2-5,7-8,10-11H,6,9,12-13,21H2,1H3. The van der Waals surface area contributed by atoms with Crippen molar-refractivity contribution >= 4 is 23.4 Å². The summed E-state index contributed by atoms with van der Waals surface area (Å²) >= 11 is 1.32. The first-order valence-electron chi connectivity index (χ1n) is 8.92. The fourth-order valence-corrected chi connectivity index (χ4v) is 4.11. The summed E-state index contributed by atoms with van der Waals surface area (Å²) in [6.45, 7) is 2.76. The van der Waals surface area contributed by atoms with Gasteiger partial charge in [-0.3, -0.25) is 4.79 Å². The third-order valence-corrected chi connectivity index (χ3v) is 5.71. The van der Waals surface area contributed by atoms with Gasteiger partial charge in [-0.05, 0) is 37.0 Å². The van der Waals surface area contributed by atoms with Gasteiger partial charge in [0.25, 0.3) is 0 Å². The molecule has 0 bridgehead atoms. The summed E-state index contributed by atoms with van der Waals surface area (Å²) in [5.74, 6) is 7.13. The van der Waals surface area contributed by atoms with Gasteiger partial charge in [0.05, 0.1) is 5.75 Å². The van der Waals surface area contributed by atoms with Crippen molar-refractivity contribution in [2.75, 3.05) is 23.0 Å². The molecule has 6 nitrogen and oxygen atoms in total. The molecule has 1 aliphatic heterocycles. The number of nitrogen functional groups attached to an aromatic ring is 1. The second kappa shape index (κ2) is 7.44. The van der Waals surface area contributed by atoms with E-state index in [1.54, 1.807) is 0 Å². The van der Waals surface area contributed by atoms with E-state index in [0.29, 0.717) is 11.0 Å². The van der Waals surface area contributed by atoms with E-state index < -0.39 is 0 Å². The molecule has 2 heterocycles. The fraction of sp³-hybridized carbons (Fsp3) is 0.250. The van der Waals surface area contributed by atoms with Crippen molar-refractivity contribution in [1.82, 2.24) is 14.9 Å². The maximum Gasteiger partial charge on any atom is 0.237 e. The Hall–Kier alpha value is -2.80. The van der Waals surface area contributed by atoms with Gasteiger partial charge in [-0.1, -0.05) is 54.2 Å². The van der Waals surface area contributed by atoms with Gasteiger partial charge in [0.1, 0.15) is 0 Å². The molecule has 0 fully saturated rings. The third-order valence-electron chi connectivity index (χ3n) is 4.79. The van der Waals surface area contributed by atoms with E-state index >= 15 is 0 Å². The topological polar surface area (TPSA) is 77.0 Å². The van der Waals surface area contributed by atoms with Crippen molar-refractivity contribution < 1.29 is 4.79 Å². The number of fused-ring (bicyclic) bond motifs is 1. The Kier molecular flexibility index (Phi) is 4.85. The van der Waals surface area contributed by atoms with Crippen molar-refractivity contribution in [1.29, 1.82) is 0 Å². The van der Waals surface area contributed by atoms with Crippen LogP contribution in [0.25, 0.3) is 11.4 Å². The molecule has 0 saturated heterocycles. The first kappa shape index (κ1) is 17.6. The van der Waals surface area contributed by atoms with Gasteiger partial charge in [-0.25, -0.2) is 4.68 Å². The molecule has 2 N–H and O–H groups in total. The van der Waals surface area contributed by atoms with Crippen LogP contribution in [-0.4, -0.2) is 33.1 Å². The van der Waals surface area contributed by atoms with Crippen LogP contribution in [0.3, 0.4) is 0 Å². The number of nitrogens with two attached hydrogens (primary N) is 1. The first-order chi connectivity index (χ1) is 13.1. The molecule has 7 heteroatoms. The summed E-state index contributed by atoms with van der Waals surface area (Å²) in [7, 11) is 0. The zero-order chi connectivity index (χ0) is 18.8. The highest BCUT2D eigenvalue weighted by molar-refractivity contribution is 7.99. The van der Waals surface area contributed by atoms with E-state index in [-0.39, 0.29) is 11.7 Å². The zero-order valence-electron chi connectivity index (χ0n) is 15.1. The molecule has 4 rings (SSSR count). The fourth-order valence-electron chi connectivity index (χ4n) is 3.38. The van der Waals surface area contributed by atoms with E-state index in [9.17, 15) is 4.79 Å². The van der Waals surface area contributed by atoms with Crippen LogP contribution in [0.15, 0.2) is 53.7 Å². The van der Waals surface area contributed by atoms with Gasteiger partial charge in [0.2, 0.25) is 11.1 Å². The Labute approximate surface area is 162 Å². The predicted molar refractivity (Wildman–Crippen MR) is 108 cm³/mol. The van der Waals surface area contributed by atoms with Crippen LogP contribution in [0.2, 0.25) is 0 Å². The number of carbonyl (C=O) groups excluding carboxylic acids is 1. The maximum atomic E-state index is 12.8. The molecule has 27 heavy (non-hydrogen) atoms. The second-order valence-corrected chi connectivity index (χ2v) is 7.50. The number of nitrogens with zero attached hydrogens (tertiary/aromatic N) is 4. The van der Waals surface area contributed by atoms with Crippen molar-refractivity contribution in [3.8, 4) is 11.4 Å². The van der Waals surface area contributed by atoms with Crippen molar-refractivity contribution in [2.45, 2.75) is 24.9 Å². The minimum atomic E-state index is 0.0626. The van der Waals surface area contributed by atoms with Crippen LogP contribution in [0.1, 0.15) is 17.5 Å². The molecule has 1 aliphatic rings. The van der Waals surface area contributed by atoms with E-state index in [2.05, 4.69) is 16.3 Å². The van der Waals surface area contributed by atoms with Crippen LogP contribution in [-0.2, 0) is 11.2 Å². The number of carbonyl (C=O) groups is 1. The molecule has 0 radical (unpaired) electrons. The smallest absolute Gasteiger partial charge is 0.237 e. The molecule has 1 amide bonds. The quantitative estimate of drug-likeness (QED) is 0.557. The first-order valence-corrected chi connectivity index (χ1v) is 9.91. The van der Waals surface area contributed by atoms with Crippen LogP contribution < -0.4 is 10.7 Å². The van der Waals surface area contributed by atoms with E-state index in [1.807, 2.05) is 54.3 Å². The lowest BCUT2D eigenvalue weighted by atomic mass is 10.0. The summed E-state index contributed by atoms with van der Waals surface area (Å²) in [4.78, 5) is 14.6. The van der Waals surface area contributed by atoms with Gasteiger partial charge < -0.3 is 10.7 Å². The van der Waals surface area contributed by atoms with Crippen molar-refractivity contribution in [3.63, 3.8) is 0 Å². The molecule has 0 aliphatic carbocycles. The monoisotopic (exact) mass is 379 g/mol. The Morgan fingerprint density at radius 1 is 1.15 bits per heavy atom. The highest BCUT2D eigenvalue weighted by Gasteiger charge is 2.23. The lowest BCUT2D eigenvalue weighted by molar-refractivity contribution is -0.116. The number of thioether (sulfide) groups is 1. The van der Waals surface area contributed by atoms with E-state index in [1.165, 1.54) is 22.0 Å². The lowest BCUT2D eigenvalue weighted by Gasteiger charge is -2.29. The summed E-state index contributed by atoms with van der Waals surface area (Å²) in [6.07, 6.45) is 2.00. The minimum Gasteiger partial charge on any atom is -0.335 e. The number of aromatic nitrogens is 3. The predicted octanol–water partition coefficient (Wildman–Crippen LogP) is 3.04. The average molecular weight is 379 g/mol. The normalized spacial score (nSPS) is 13.4. The largest absolute Gasteiger partial charge is 0.335 e. The van der Waals surface area contributed by atoms with Crippen molar-refractivity contribution in [3.05, 3.63) is 59.7 Å². The Balaban J connectivity index is 1.49. The number of amides is 1. The number of aryl methyl sites for hydroxylation is 2. The molecule has 2 aromatic carbocycles. The summed E-state index contributed by atoms with van der Waals surface area (Å²) < 4.78 is 1.46. The molecular formula is C20H21N5OS. The minimum absolute atomic E-state index is 0.0626. The number of hydrogen-bond donors (Lipinski definition) is 1. The van der Waals surface area contributed by atoms with Crippen LogP contribution in [0.4, 0.5) is 5.69 Å². The average Bonchev–Trinajstić information content (AvgIpc) is 3.06. The highest BCUT2D eigenvalue weighted by atomic mass is 32.2. The molecular weight excluding hydrogens is 358 g/mol. The number of para-hydroxylation sites is 1. The molecule has 138 valence electrons. The van der Waals surface area contributed by atoms with E-state index in [0.717, 1.165) is 36.2 Å². The summed E-state index contributed by atoms with van der Waals surface area (Å²) in [6, 6.07) is 16.0. The van der Waals surface area contributed by atoms with Crippen molar-refractivity contribution in [2.24, 2.45) is 0 Å². The number of rotatable bonds is 4. The lowest BCUT2D eigenvalue weighted by Crippen LogP contribution is -2.36. The van der Waals surface area contributed by atoms with Crippen LogP contribution in [0.5, 0.6) is 0 Å². The molecule has 0 saturated carbocycles. The van der Waals surface area contributed by atoms with Crippen LogP contribution in [0, 0.1) is 6.92 Å². The Morgan fingerprint density at radius 3 is 2.78 bits per heavy atom. The second-order valence-electron chi connectivity index (χ2n) is 6.56. The highest BCUT2D eigenvalue weighted by Crippen LogP contribution is 2.28. The van der Waals surface area contributed by atoms with Gasteiger partial charge in [-0.15, -0.1) is 10.2 Å². The maximum absolute atomic E-state index is 12.8. The number of anilines is 1. The number of hydrogen-bond acceptors (Lipinski definition) is 5. The SMILES string of the molecule is Cc1ccccc1-c1nnc(SCC(=O)N2CCCc3ccccc32)n1N. The molecule has 0 spiro atoms. The summed E-state index contributed by atoms with van der Waals surface area (Å²) in [5.41, 5.74) is 4.26. The van der Waals surface area contributed by atoms with Gasteiger partial charge in [0.15, 0.2) is 5.82 Å². The molecule has 0 unspecified atom stereocenters. The van der Waals surface area contributed by atoms with Gasteiger partial charge in [-0.2, -0.15) is 0 Å². The van der Waals surface area contributed by atoms with Gasteiger partial charge in [0, 0.05) is 17.8 Å². The molecule has 1 aromatic heterocycles. The summed E-state index contributed by atoms with van der Waals surface area (Å²) in [5, 5.41) is 8.92. The van der Waals surface area contributed by atoms with Gasteiger partial charge >= 0.3 is 0 Å². The Bertz CT molecular complexity index is 984. The zero-order valence-corrected chi connectivity index (χ0v) is 15.9. The number of benzene rings is 2. The molecule has 0 atom stereocenters. The Morgan fingerprint density at radius 2 is 1.93 bits per heavy atom. The molecule has 3 aromatic rings. The third kappa shape index (κ3) is 3.42. The van der Waals surface area contributed by atoms with Crippen LogP contribution >= 0.6 is 11.8 Å². The van der Waals surface area contributed by atoms with E-state index in [4.69, 9.17) is 5.84 Å².